The summed E-state index contributed by atoms with van der Waals surface area (Å²) in [6.45, 7) is 0.603. The second-order valence-electron chi connectivity index (χ2n) is 6.69. The standard InChI is InChI=1S/C19H21N3O3S/c23-26(24,15-9-5-2-6-10-15)16-11-20-18-17(16)21-13-22-19(18)25-12-14-7-3-1-4-8-14/h2,5-6,9-11,13-14,20H,1,3-4,7-8,12H2. The Balaban J connectivity index is 1.65. The number of aromatic amines is 1. The van der Waals surface area contributed by atoms with Gasteiger partial charge in [-0.1, -0.05) is 37.5 Å². The van der Waals surface area contributed by atoms with E-state index in [0.717, 1.165) is 0 Å². The van der Waals surface area contributed by atoms with Crippen LogP contribution in [0.2, 0.25) is 0 Å². The molecule has 0 atom stereocenters. The molecule has 2 heterocycles. The largest absolute Gasteiger partial charge is 0.476 e. The van der Waals surface area contributed by atoms with Gasteiger partial charge < -0.3 is 9.72 Å². The maximum Gasteiger partial charge on any atom is 0.241 e. The summed E-state index contributed by atoms with van der Waals surface area (Å²) < 4.78 is 31.7. The highest BCUT2D eigenvalue weighted by Crippen LogP contribution is 2.31. The maximum absolute atomic E-state index is 12.9. The van der Waals surface area contributed by atoms with Gasteiger partial charge in [-0.05, 0) is 30.9 Å². The number of nitrogens with zero attached hydrogens (tertiary/aromatic N) is 2. The van der Waals surface area contributed by atoms with Crippen LogP contribution in [0.5, 0.6) is 5.88 Å². The highest BCUT2D eigenvalue weighted by atomic mass is 32.2. The molecule has 1 aliphatic carbocycles. The van der Waals surface area contributed by atoms with Gasteiger partial charge in [-0.25, -0.2) is 13.4 Å². The zero-order valence-corrected chi connectivity index (χ0v) is 15.2. The van der Waals surface area contributed by atoms with Crippen molar-refractivity contribution in [1.82, 2.24) is 15.0 Å². The average Bonchev–Trinajstić information content (AvgIpc) is 3.13. The number of H-pyrrole nitrogens is 1. The highest BCUT2D eigenvalue weighted by Gasteiger charge is 2.24. The predicted molar refractivity (Wildman–Crippen MR) is 97.9 cm³/mol. The zero-order chi connectivity index (χ0) is 18.0. The number of aromatic nitrogens is 3. The Labute approximate surface area is 152 Å². The zero-order valence-electron chi connectivity index (χ0n) is 14.4. The Morgan fingerprint density at radius 3 is 2.62 bits per heavy atom. The molecule has 136 valence electrons. The van der Waals surface area contributed by atoms with Crippen LogP contribution in [0.25, 0.3) is 11.0 Å². The van der Waals surface area contributed by atoms with Crippen LogP contribution in [0.15, 0.2) is 52.6 Å². The van der Waals surface area contributed by atoms with Crippen molar-refractivity contribution < 1.29 is 13.2 Å². The first-order chi connectivity index (χ1) is 12.7. The van der Waals surface area contributed by atoms with E-state index in [1.165, 1.54) is 44.6 Å². The van der Waals surface area contributed by atoms with E-state index in [0.29, 0.717) is 29.4 Å². The average molecular weight is 371 g/mol. The van der Waals surface area contributed by atoms with E-state index in [2.05, 4.69) is 15.0 Å². The van der Waals surface area contributed by atoms with Crippen LogP contribution in [0.3, 0.4) is 0 Å². The second-order valence-corrected chi connectivity index (χ2v) is 8.60. The quantitative estimate of drug-likeness (QED) is 0.738. The molecule has 1 N–H and O–H groups in total. The van der Waals surface area contributed by atoms with Crippen molar-refractivity contribution in [3.05, 3.63) is 42.9 Å². The molecule has 1 fully saturated rings. The summed E-state index contributed by atoms with van der Waals surface area (Å²) in [7, 11) is -3.65. The third-order valence-electron chi connectivity index (χ3n) is 4.92. The third kappa shape index (κ3) is 3.19. The lowest BCUT2D eigenvalue weighted by Gasteiger charge is -2.21. The highest BCUT2D eigenvalue weighted by molar-refractivity contribution is 7.91. The van der Waals surface area contributed by atoms with Crippen molar-refractivity contribution in [2.45, 2.75) is 41.9 Å². The molecule has 0 aliphatic heterocycles. The fraction of sp³-hybridized carbons (Fsp3) is 0.368. The molecule has 1 aromatic carbocycles. The van der Waals surface area contributed by atoms with E-state index < -0.39 is 9.84 Å². The number of benzene rings is 1. The molecular formula is C19H21N3O3S. The van der Waals surface area contributed by atoms with E-state index in [1.54, 1.807) is 30.3 Å². The van der Waals surface area contributed by atoms with Crippen LogP contribution in [0.1, 0.15) is 32.1 Å². The number of fused-ring (bicyclic) bond motifs is 1. The van der Waals surface area contributed by atoms with Gasteiger partial charge in [0.05, 0.1) is 11.5 Å². The van der Waals surface area contributed by atoms with E-state index >= 15 is 0 Å². The number of hydrogen-bond acceptors (Lipinski definition) is 5. The molecule has 3 aromatic rings. The van der Waals surface area contributed by atoms with Gasteiger partial charge in [-0.2, -0.15) is 4.98 Å². The second kappa shape index (κ2) is 7.07. The molecule has 1 aliphatic rings. The molecule has 0 bridgehead atoms. The first-order valence-corrected chi connectivity index (χ1v) is 10.4. The maximum atomic E-state index is 12.9. The Morgan fingerprint density at radius 2 is 1.85 bits per heavy atom. The normalized spacial score (nSPS) is 16.0. The van der Waals surface area contributed by atoms with Gasteiger partial charge in [-0.3, -0.25) is 0 Å². The van der Waals surface area contributed by atoms with Crippen molar-refractivity contribution in [3.63, 3.8) is 0 Å². The molecule has 26 heavy (non-hydrogen) atoms. The minimum Gasteiger partial charge on any atom is -0.476 e. The third-order valence-corrected chi connectivity index (χ3v) is 6.70. The Morgan fingerprint density at radius 1 is 1.08 bits per heavy atom. The first kappa shape index (κ1) is 17.0. The van der Waals surface area contributed by atoms with Crippen LogP contribution < -0.4 is 4.74 Å². The molecule has 0 amide bonds. The van der Waals surface area contributed by atoms with Crippen molar-refractivity contribution in [2.24, 2.45) is 5.92 Å². The summed E-state index contributed by atoms with van der Waals surface area (Å²) in [4.78, 5) is 11.8. The number of nitrogens with one attached hydrogen (secondary N) is 1. The first-order valence-electron chi connectivity index (χ1n) is 8.91. The van der Waals surface area contributed by atoms with E-state index in [-0.39, 0.29) is 9.79 Å². The van der Waals surface area contributed by atoms with E-state index in [9.17, 15) is 8.42 Å². The van der Waals surface area contributed by atoms with Gasteiger partial charge in [0, 0.05) is 6.20 Å². The summed E-state index contributed by atoms with van der Waals surface area (Å²) >= 11 is 0. The Bertz CT molecular complexity index is 993. The van der Waals surface area contributed by atoms with Crippen molar-refractivity contribution in [2.75, 3.05) is 6.61 Å². The van der Waals surface area contributed by atoms with Gasteiger partial charge >= 0.3 is 0 Å². The molecule has 0 saturated heterocycles. The molecule has 0 unspecified atom stereocenters. The fourth-order valence-electron chi connectivity index (χ4n) is 3.48. The van der Waals surface area contributed by atoms with Crippen LogP contribution in [0, 0.1) is 5.92 Å². The van der Waals surface area contributed by atoms with Crippen LogP contribution >= 0.6 is 0 Å². The Kier molecular flexibility index (Phi) is 4.63. The fourth-order valence-corrected chi connectivity index (χ4v) is 4.88. The summed E-state index contributed by atoms with van der Waals surface area (Å²) in [6.07, 6.45) is 8.96. The molecule has 2 aromatic heterocycles. The van der Waals surface area contributed by atoms with Gasteiger partial charge in [0.15, 0.2) is 0 Å². The van der Waals surface area contributed by atoms with E-state index in [1.807, 2.05) is 0 Å². The van der Waals surface area contributed by atoms with Gasteiger partial charge in [0.2, 0.25) is 15.7 Å². The SMILES string of the molecule is O=S(=O)(c1ccccc1)c1c[nH]c2c(OCC3CCCCC3)ncnc12. The van der Waals surface area contributed by atoms with Crippen molar-refractivity contribution in [1.29, 1.82) is 0 Å². The van der Waals surface area contributed by atoms with Crippen LogP contribution in [-0.4, -0.2) is 30.0 Å². The predicted octanol–water partition coefficient (Wildman–Crippen LogP) is 3.75. The molecule has 6 nitrogen and oxygen atoms in total. The molecule has 0 spiro atoms. The summed E-state index contributed by atoms with van der Waals surface area (Å²) in [5, 5.41) is 0. The molecular weight excluding hydrogens is 350 g/mol. The van der Waals surface area contributed by atoms with Crippen LogP contribution in [-0.2, 0) is 9.84 Å². The number of sulfone groups is 1. The van der Waals surface area contributed by atoms with E-state index in [4.69, 9.17) is 4.74 Å². The van der Waals surface area contributed by atoms with Crippen molar-refractivity contribution >= 4 is 20.9 Å². The van der Waals surface area contributed by atoms with Gasteiger partial charge in [-0.15, -0.1) is 0 Å². The lowest BCUT2D eigenvalue weighted by atomic mass is 9.90. The summed E-state index contributed by atoms with van der Waals surface area (Å²) in [5.74, 6) is 0.950. The summed E-state index contributed by atoms with van der Waals surface area (Å²) in [6, 6.07) is 8.35. The van der Waals surface area contributed by atoms with Crippen molar-refractivity contribution in [3.8, 4) is 5.88 Å². The minimum absolute atomic E-state index is 0.142. The Hall–Kier alpha value is -2.41. The summed E-state index contributed by atoms with van der Waals surface area (Å²) in [5.41, 5.74) is 0.889. The number of ether oxygens (including phenoxy) is 1. The van der Waals surface area contributed by atoms with Gasteiger partial charge in [0.25, 0.3) is 0 Å². The smallest absolute Gasteiger partial charge is 0.241 e. The lowest BCUT2D eigenvalue weighted by molar-refractivity contribution is 0.204. The monoisotopic (exact) mass is 371 g/mol. The molecule has 0 radical (unpaired) electrons. The minimum atomic E-state index is -3.65. The number of hydrogen-bond donors (Lipinski definition) is 1. The number of rotatable bonds is 5. The molecule has 7 heteroatoms. The lowest BCUT2D eigenvalue weighted by Crippen LogP contribution is -2.15. The van der Waals surface area contributed by atoms with Gasteiger partial charge in [0.1, 0.15) is 22.3 Å². The van der Waals surface area contributed by atoms with Crippen LogP contribution in [0.4, 0.5) is 0 Å². The molecule has 1 saturated carbocycles. The topological polar surface area (TPSA) is 84.9 Å². The molecule has 4 rings (SSSR count).